The van der Waals surface area contributed by atoms with Gasteiger partial charge in [0, 0.05) is 6.20 Å². The van der Waals surface area contributed by atoms with Crippen molar-refractivity contribution in [2.75, 3.05) is 0 Å². The van der Waals surface area contributed by atoms with Gasteiger partial charge in [-0.15, -0.1) is 0 Å². The van der Waals surface area contributed by atoms with Crippen molar-refractivity contribution >= 4 is 23.4 Å². The molecule has 4 nitrogen and oxygen atoms in total. The van der Waals surface area contributed by atoms with Gasteiger partial charge >= 0.3 is 0 Å². The summed E-state index contributed by atoms with van der Waals surface area (Å²) in [4.78, 5) is 13.8. The molecule has 1 heterocycles. The second kappa shape index (κ2) is 4.09. The Labute approximate surface area is 90.8 Å². The lowest BCUT2D eigenvalue weighted by Gasteiger charge is -2.02. The summed E-state index contributed by atoms with van der Waals surface area (Å²) in [5.74, 6) is 0. The topological polar surface area (TPSA) is 47.2 Å². The number of nitrogens with zero attached hydrogens (tertiary/aromatic N) is 3. The number of para-hydroxylation sites is 2. The molecule has 0 saturated heterocycles. The molecule has 0 amide bonds. The summed E-state index contributed by atoms with van der Waals surface area (Å²) in [6, 6.07) is 7.11. The molecule has 74 valence electrons. The van der Waals surface area contributed by atoms with Gasteiger partial charge in [0.25, 0.3) is 0 Å². The molecule has 0 bridgehead atoms. The first-order valence-corrected chi connectivity index (χ1v) is 4.56. The van der Waals surface area contributed by atoms with Crippen LogP contribution in [0.2, 0.25) is 5.02 Å². The first-order valence-electron chi connectivity index (χ1n) is 4.19. The molecule has 2 aromatic rings. The zero-order valence-corrected chi connectivity index (χ0v) is 8.35. The molecule has 0 aliphatic rings. The third-order valence-electron chi connectivity index (χ3n) is 1.85. The largest absolute Gasteiger partial charge is 0.240 e. The number of isocyanates is 1. The Balaban J connectivity index is 2.56. The molecule has 0 aliphatic heterocycles. The molecule has 15 heavy (non-hydrogen) atoms. The molecule has 0 spiro atoms. The molecule has 0 saturated carbocycles. The molecule has 0 fully saturated rings. The molecular formula is C10H6ClN3O. The highest BCUT2D eigenvalue weighted by atomic mass is 35.5. The Bertz CT molecular complexity index is 529. The van der Waals surface area contributed by atoms with Gasteiger partial charge in [0.1, 0.15) is 5.69 Å². The van der Waals surface area contributed by atoms with Crippen molar-refractivity contribution in [3.05, 3.63) is 41.7 Å². The first-order chi connectivity index (χ1) is 7.31. The maximum absolute atomic E-state index is 10.2. The Morgan fingerprint density at radius 2 is 2.20 bits per heavy atom. The molecule has 5 heteroatoms. The van der Waals surface area contributed by atoms with E-state index < -0.39 is 0 Å². The molecule has 1 aromatic carbocycles. The van der Waals surface area contributed by atoms with Crippen LogP contribution in [0.25, 0.3) is 5.69 Å². The van der Waals surface area contributed by atoms with Gasteiger partial charge < -0.3 is 0 Å². The fraction of sp³-hybridized carbons (Fsp3) is 0. The van der Waals surface area contributed by atoms with Crippen molar-refractivity contribution in [1.82, 2.24) is 9.78 Å². The molecule has 2 rings (SSSR count). The lowest BCUT2D eigenvalue weighted by atomic mass is 10.3. The van der Waals surface area contributed by atoms with E-state index in [0.717, 1.165) is 0 Å². The van der Waals surface area contributed by atoms with Gasteiger partial charge in [0.2, 0.25) is 6.08 Å². The van der Waals surface area contributed by atoms with E-state index in [0.29, 0.717) is 16.4 Å². The number of rotatable bonds is 2. The fourth-order valence-electron chi connectivity index (χ4n) is 1.23. The van der Waals surface area contributed by atoms with Gasteiger partial charge in [-0.25, -0.2) is 9.48 Å². The van der Waals surface area contributed by atoms with Gasteiger partial charge in [0.15, 0.2) is 0 Å². The van der Waals surface area contributed by atoms with E-state index in [2.05, 4.69) is 10.1 Å². The average Bonchev–Trinajstić information content (AvgIpc) is 2.66. The molecule has 0 atom stereocenters. The Hall–Kier alpha value is -1.90. The minimum Gasteiger partial charge on any atom is -0.237 e. The third kappa shape index (κ3) is 1.96. The molecule has 0 unspecified atom stereocenters. The van der Waals surface area contributed by atoms with Crippen LogP contribution in [0.15, 0.2) is 41.7 Å². The third-order valence-corrected chi connectivity index (χ3v) is 2.04. The fourth-order valence-corrected chi connectivity index (χ4v) is 1.37. The first kappa shape index (κ1) is 9.65. The van der Waals surface area contributed by atoms with Gasteiger partial charge in [-0.3, -0.25) is 0 Å². The second-order valence-corrected chi connectivity index (χ2v) is 3.23. The summed E-state index contributed by atoms with van der Waals surface area (Å²) in [6.45, 7) is 0. The number of hydrogen-bond donors (Lipinski definition) is 0. The van der Waals surface area contributed by atoms with E-state index >= 15 is 0 Å². The van der Waals surface area contributed by atoms with Gasteiger partial charge in [-0.1, -0.05) is 23.7 Å². The Morgan fingerprint density at radius 3 is 2.87 bits per heavy atom. The molecular weight excluding hydrogens is 214 g/mol. The van der Waals surface area contributed by atoms with Crippen molar-refractivity contribution in [1.29, 1.82) is 0 Å². The number of carbonyl (C=O) groups excluding carboxylic acids is 1. The average molecular weight is 220 g/mol. The van der Waals surface area contributed by atoms with Crippen molar-refractivity contribution in [2.24, 2.45) is 4.99 Å². The van der Waals surface area contributed by atoms with Crippen LogP contribution in [-0.4, -0.2) is 15.9 Å². The number of aromatic nitrogens is 2. The van der Waals surface area contributed by atoms with Crippen LogP contribution in [0.5, 0.6) is 0 Å². The number of halogens is 1. The van der Waals surface area contributed by atoms with E-state index in [-0.39, 0.29) is 0 Å². The number of hydrogen-bond acceptors (Lipinski definition) is 3. The van der Waals surface area contributed by atoms with Gasteiger partial charge in [-0.05, 0) is 12.1 Å². The highest BCUT2D eigenvalue weighted by Gasteiger charge is 2.03. The van der Waals surface area contributed by atoms with Crippen LogP contribution in [0.1, 0.15) is 0 Å². The summed E-state index contributed by atoms with van der Waals surface area (Å²) in [7, 11) is 0. The van der Waals surface area contributed by atoms with Crippen LogP contribution in [0.3, 0.4) is 0 Å². The summed E-state index contributed by atoms with van der Waals surface area (Å²) in [5.41, 5.74) is 1.19. The summed E-state index contributed by atoms with van der Waals surface area (Å²) >= 11 is 5.75. The zero-order chi connectivity index (χ0) is 10.7. The molecule has 0 N–H and O–H groups in total. The number of aliphatic imine (C=N–C) groups is 1. The Kier molecular flexibility index (Phi) is 2.63. The van der Waals surface area contributed by atoms with E-state index in [1.54, 1.807) is 29.1 Å². The summed E-state index contributed by atoms with van der Waals surface area (Å²) in [6.07, 6.45) is 4.66. The van der Waals surface area contributed by atoms with Crippen LogP contribution in [0, 0.1) is 0 Å². The quantitative estimate of drug-likeness (QED) is 0.576. The lowest BCUT2D eigenvalue weighted by molar-refractivity contribution is 0.565. The van der Waals surface area contributed by atoms with Gasteiger partial charge in [0.05, 0.1) is 16.9 Å². The minimum atomic E-state index is 0.507. The zero-order valence-electron chi connectivity index (χ0n) is 7.59. The van der Waals surface area contributed by atoms with Crippen molar-refractivity contribution in [2.45, 2.75) is 0 Å². The normalized spacial score (nSPS) is 9.67. The van der Waals surface area contributed by atoms with Crippen molar-refractivity contribution in [3.63, 3.8) is 0 Å². The molecule has 0 aliphatic carbocycles. The predicted molar refractivity (Wildman–Crippen MR) is 56.4 cm³/mol. The van der Waals surface area contributed by atoms with Crippen molar-refractivity contribution < 1.29 is 4.79 Å². The molecule has 1 aromatic heterocycles. The van der Waals surface area contributed by atoms with E-state index in [1.165, 1.54) is 12.3 Å². The van der Waals surface area contributed by atoms with Crippen LogP contribution in [0.4, 0.5) is 5.69 Å². The highest BCUT2D eigenvalue weighted by molar-refractivity contribution is 6.30. The Morgan fingerprint density at radius 1 is 1.40 bits per heavy atom. The van der Waals surface area contributed by atoms with E-state index in [9.17, 15) is 4.79 Å². The van der Waals surface area contributed by atoms with Crippen molar-refractivity contribution in [3.8, 4) is 5.69 Å². The van der Waals surface area contributed by atoms with E-state index in [4.69, 9.17) is 11.6 Å². The monoisotopic (exact) mass is 219 g/mol. The summed E-state index contributed by atoms with van der Waals surface area (Å²) in [5, 5.41) is 4.55. The maximum atomic E-state index is 10.2. The van der Waals surface area contributed by atoms with Gasteiger partial charge in [-0.2, -0.15) is 10.1 Å². The van der Waals surface area contributed by atoms with Crippen LogP contribution in [-0.2, 0) is 4.79 Å². The smallest absolute Gasteiger partial charge is 0.237 e. The van der Waals surface area contributed by atoms with E-state index in [1.807, 2.05) is 6.07 Å². The maximum Gasteiger partial charge on any atom is 0.240 e. The van der Waals surface area contributed by atoms with Crippen LogP contribution < -0.4 is 0 Å². The molecule has 0 radical (unpaired) electrons. The lowest BCUT2D eigenvalue weighted by Crippen LogP contribution is -1.93. The second-order valence-electron chi connectivity index (χ2n) is 2.79. The SMILES string of the molecule is O=C=Nc1ccccc1-n1cc(Cl)cn1. The minimum absolute atomic E-state index is 0.507. The number of benzene rings is 1. The predicted octanol–water partition coefficient (Wildman–Crippen LogP) is 2.49. The highest BCUT2D eigenvalue weighted by Crippen LogP contribution is 2.22. The standard InChI is InChI=1S/C10H6ClN3O/c11-8-5-13-14(6-8)10-4-2-1-3-9(10)12-7-15/h1-6H. The van der Waals surface area contributed by atoms with Crippen LogP contribution >= 0.6 is 11.6 Å². The summed E-state index contributed by atoms with van der Waals surface area (Å²) < 4.78 is 1.55.